The Kier molecular flexibility index (Phi) is 3.17. The summed E-state index contributed by atoms with van der Waals surface area (Å²) in [5.74, 6) is -1.03. The average Bonchev–Trinajstić information content (AvgIpc) is 3.16. The van der Waals surface area contributed by atoms with Crippen LogP contribution in [0.3, 0.4) is 0 Å². The van der Waals surface area contributed by atoms with Gasteiger partial charge in [-0.15, -0.1) is 0 Å². The maximum atomic E-state index is 12.7. The van der Waals surface area contributed by atoms with Gasteiger partial charge in [-0.3, -0.25) is 9.59 Å². The number of carbonyl (C=O) groups excluding carboxylic acids is 1. The summed E-state index contributed by atoms with van der Waals surface area (Å²) in [4.78, 5) is 28.7. The zero-order valence-corrected chi connectivity index (χ0v) is 13.3. The normalized spacial score (nSPS) is 22.5. The number of benzene rings is 1. The molecule has 1 atom stereocenters. The number of carbonyl (C=O) groups is 2. The van der Waals surface area contributed by atoms with E-state index < -0.39 is 5.97 Å². The molecule has 4 rings (SSSR count). The Morgan fingerprint density at radius 2 is 1.96 bits per heavy atom. The molecule has 1 amide bonds. The number of fused-ring (bicyclic) bond motifs is 1. The maximum Gasteiger partial charge on any atom is 0.307 e. The summed E-state index contributed by atoms with van der Waals surface area (Å²) in [6, 6.07) is 7.57. The molecule has 1 saturated heterocycles. The van der Waals surface area contributed by atoms with Gasteiger partial charge in [0, 0.05) is 24.0 Å². The van der Waals surface area contributed by atoms with Crippen LogP contribution in [0.2, 0.25) is 5.02 Å². The predicted molar refractivity (Wildman–Crippen MR) is 86.6 cm³/mol. The molecule has 1 spiro atoms. The number of nitrogens with zero attached hydrogens (tertiary/aromatic N) is 1. The summed E-state index contributed by atoms with van der Waals surface area (Å²) < 4.78 is 0. The van der Waals surface area contributed by atoms with Crippen molar-refractivity contribution in [1.82, 2.24) is 9.88 Å². The van der Waals surface area contributed by atoms with Crippen LogP contribution in [0, 0.1) is 11.3 Å². The summed E-state index contributed by atoms with van der Waals surface area (Å²) in [5.41, 5.74) is 1.20. The van der Waals surface area contributed by atoms with Gasteiger partial charge in [0.1, 0.15) is 5.69 Å². The van der Waals surface area contributed by atoms with E-state index in [-0.39, 0.29) is 17.2 Å². The molecule has 1 aromatic heterocycles. The first-order chi connectivity index (χ1) is 11.0. The van der Waals surface area contributed by atoms with E-state index in [0.29, 0.717) is 23.8 Å². The van der Waals surface area contributed by atoms with Gasteiger partial charge in [-0.05, 0) is 30.7 Å². The van der Waals surface area contributed by atoms with Crippen LogP contribution in [0.25, 0.3) is 10.9 Å². The third kappa shape index (κ3) is 2.22. The Morgan fingerprint density at radius 1 is 1.26 bits per heavy atom. The van der Waals surface area contributed by atoms with Crippen LogP contribution in [0.4, 0.5) is 0 Å². The highest BCUT2D eigenvalue weighted by Crippen LogP contribution is 2.59. The highest BCUT2D eigenvalue weighted by molar-refractivity contribution is 6.38. The smallest absolute Gasteiger partial charge is 0.307 e. The van der Waals surface area contributed by atoms with Crippen molar-refractivity contribution in [1.29, 1.82) is 0 Å². The van der Waals surface area contributed by atoms with Crippen LogP contribution in [0.1, 0.15) is 29.8 Å². The number of likely N-dealkylation sites (tertiary alicyclic amines) is 1. The molecule has 1 aromatic carbocycles. The van der Waals surface area contributed by atoms with Crippen LogP contribution in [-0.4, -0.2) is 40.0 Å². The number of carboxylic acids is 1. The van der Waals surface area contributed by atoms with Crippen molar-refractivity contribution in [3.8, 4) is 0 Å². The van der Waals surface area contributed by atoms with Gasteiger partial charge in [-0.25, -0.2) is 0 Å². The Morgan fingerprint density at radius 3 is 2.57 bits per heavy atom. The highest BCUT2D eigenvalue weighted by Gasteiger charge is 2.59. The molecule has 2 heterocycles. The predicted octanol–water partition coefficient (Wildman–Crippen LogP) is 3.15. The Balaban J connectivity index is 1.52. The van der Waals surface area contributed by atoms with Gasteiger partial charge in [0.15, 0.2) is 0 Å². The lowest BCUT2D eigenvalue weighted by molar-refractivity contribution is -0.139. The van der Waals surface area contributed by atoms with Crippen LogP contribution >= 0.6 is 11.6 Å². The Bertz CT molecular complexity index is 805. The quantitative estimate of drug-likeness (QED) is 0.887. The summed E-state index contributed by atoms with van der Waals surface area (Å²) in [7, 11) is 0. The number of amides is 1. The second kappa shape index (κ2) is 4.99. The fourth-order valence-electron chi connectivity index (χ4n) is 3.82. The molecule has 1 saturated carbocycles. The largest absolute Gasteiger partial charge is 0.481 e. The summed E-state index contributed by atoms with van der Waals surface area (Å²) >= 11 is 6.35. The molecule has 2 fully saturated rings. The number of aromatic nitrogens is 1. The van der Waals surface area contributed by atoms with Crippen LogP contribution in [0.5, 0.6) is 0 Å². The standard InChI is InChI=1S/C17H17ClN2O3/c18-13-10-3-1-2-4-12(10)19-14(13)15(21)20-7-5-17(6-8-20)9-11(17)16(22)23/h1-4,11,19H,5-9H2,(H,22,23). The van der Waals surface area contributed by atoms with Gasteiger partial charge in [-0.2, -0.15) is 0 Å². The van der Waals surface area contributed by atoms with E-state index in [1.165, 1.54) is 0 Å². The van der Waals surface area contributed by atoms with Gasteiger partial charge in [-0.1, -0.05) is 29.8 Å². The summed E-state index contributed by atoms with van der Waals surface area (Å²) in [5, 5.41) is 10.4. The third-order valence-corrected chi connectivity index (χ3v) is 5.78. The minimum Gasteiger partial charge on any atom is -0.481 e. The Labute approximate surface area is 138 Å². The van der Waals surface area contributed by atoms with Crippen molar-refractivity contribution >= 4 is 34.4 Å². The number of H-pyrrole nitrogens is 1. The molecule has 1 aliphatic heterocycles. The number of hydrogen-bond donors (Lipinski definition) is 2. The number of aromatic amines is 1. The van der Waals surface area contributed by atoms with E-state index >= 15 is 0 Å². The van der Waals surface area contributed by atoms with Crippen molar-refractivity contribution in [2.45, 2.75) is 19.3 Å². The van der Waals surface area contributed by atoms with E-state index in [1.54, 1.807) is 4.90 Å². The van der Waals surface area contributed by atoms with Gasteiger partial charge >= 0.3 is 5.97 Å². The summed E-state index contributed by atoms with van der Waals surface area (Å²) in [6.45, 7) is 1.18. The second-order valence-corrected chi connectivity index (χ2v) is 6.99. The fraction of sp³-hybridized carbons (Fsp3) is 0.412. The monoisotopic (exact) mass is 332 g/mol. The number of aliphatic carboxylic acids is 1. The van der Waals surface area contributed by atoms with Crippen molar-refractivity contribution < 1.29 is 14.7 Å². The van der Waals surface area contributed by atoms with E-state index in [0.717, 1.165) is 30.2 Å². The molecule has 2 N–H and O–H groups in total. The number of halogens is 1. The zero-order valence-electron chi connectivity index (χ0n) is 12.5. The molecule has 6 heteroatoms. The van der Waals surface area contributed by atoms with Crippen LogP contribution in [0.15, 0.2) is 24.3 Å². The highest BCUT2D eigenvalue weighted by atomic mass is 35.5. The number of piperidine rings is 1. The van der Waals surface area contributed by atoms with Gasteiger partial charge < -0.3 is 15.0 Å². The third-order valence-electron chi connectivity index (χ3n) is 5.39. The molecular weight excluding hydrogens is 316 g/mol. The van der Waals surface area contributed by atoms with Crippen molar-refractivity contribution in [3.05, 3.63) is 35.0 Å². The Hall–Kier alpha value is -2.01. The first-order valence-electron chi connectivity index (χ1n) is 7.80. The van der Waals surface area contributed by atoms with Gasteiger partial charge in [0.25, 0.3) is 5.91 Å². The van der Waals surface area contributed by atoms with Crippen molar-refractivity contribution in [2.75, 3.05) is 13.1 Å². The van der Waals surface area contributed by atoms with Crippen molar-refractivity contribution in [2.24, 2.45) is 11.3 Å². The SMILES string of the molecule is O=C(O)C1CC12CCN(C(=O)c1[nH]c3ccccc3c1Cl)CC2. The molecule has 0 bridgehead atoms. The topological polar surface area (TPSA) is 73.4 Å². The van der Waals surface area contributed by atoms with Crippen LogP contribution < -0.4 is 0 Å². The molecule has 0 radical (unpaired) electrons. The van der Waals surface area contributed by atoms with Gasteiger partial charge in [0.2, 0.25) is 0 Å². The first-order valence-corrected chi connectivity index (χ1v) is 8.18. The molecule has 23 heavy (non-hydrogen) atoms. The van der Waals surface area contributed by atoms with Crippen molar-refractivity contribution in [3.63, 3.8) is 0 Å². The molecule has 120 valence electrons. The molecule has 2 aliphatic rings. The number of para-hydroxylation sites is 1. The lowest BCUT2D eigenvalue weighted by Crippen LogP contribution is -2.40. The molecule has 5 nitrogen and oxygen atoms in total. The molecule has 1 aliphatic carbocycles. The van der Waals surface area contributed by atoms with E-state index in [4.69, 9.17) is 16.7 Å². The molecule has 1 unspecified atom stereocenters. The van der Waals surface area contributed by atoms with Crippen LogP contribution in [-0.2, 0) is 4.79 Å². The number of carboxylic acid groups (broad SMARTS) is 1. The second-order valence-electron chi connectivity index (χ2n) is 6.61. The minimum absolute atomic E-state index is 0.0765. The first kappa shape index (κ1) is 14.6. The molecular formula is C17H17ClN2O3. The zero-order chi connectivity index (χ0) is 16.2. The average molecular weight is 333 g/mol. The minimum atomic E-state index is -0.705. The fourth-order valence-corrected chi connectivity index (χ4v) is 4.11. The number of nitrogens with one attached hydrogen (secondary N) is 1. The van der Waals surface area contributed by atoms with E-state index in [2.05, 4.69) is 4.98 Å². The lowest BCUT2D eigenvalue weighted by Gasteiger charge is -2.32. The lowest BCUT2D eigenvalue weighted by atomic mass is 9.90. The van der Waals surface area contributed by atoms with E-state index in [9.17, 15) is 9.59 Å². The summed E-state index contributed by atoms with van der Waals surface area (Å²) in [6.07, 6.45) is 2.26. The maximum absolute atomic E-state index is 12.7. The van der Waals surface area contributed by atoms with Gasteiger partial charge in [0.05, 0.1) is 10.9 Å². The number of hydrogen-bond acceptors (Lipinski definition) is 2. The number of rotatable bonds is 2. The molecule has 2 aromatic rings. The van der Waals surface area contributed by atoms with E-state index in [1.807, 2.05) is 24.3 Å².